The predicted molar refractivity (Wildman–Crippen MR) is 92.9 cm³/mol. The van der Waals surface area contributed by atoms with Gasteiger partial charge < -0.3 is 20.1 Å². The number of hydrogen-bond donors (Lipinski definition) is 1. The molecule has 0 aliphatic carbocycles. The highest BCUT2D eigenvalue weighted by atomic mass is 32.2. The van der Waals surface area contributed by atoms with Gasteiger partial charge in [-0.15, -0.1) is 0 Å². The molecule has 2 N–H and O–H groups in total. The van der Waals surface area contributed by atoms with Crippen LogP contribution in [0.15, 0.2) is 27.7 Å². The fraction of sp³-hybridized carbons (Fsp3) is 0.400. The molecule has 1 amide bonds. The molecule has 0 atom stereocenters. The largest absolute Gasteiger partial charge is 0.497 e. The summed E-state index contributed by atoms with van der Waals surface area (Å²) in [7, 11) is -0.981. The van der Waals surface area contributed by atoms with E-state index in [1.54, 1.807) is 6.07 Å². The smallest absolute Gasteiger partial charge is 0.280 e. The number of piperazine rings is 1. The summed E-state index contributed by atoms with van der Waals surface area (Å²) in [5.41, 5.74) is 5.45. The van der Waals surface area contributed by atoms with Crippen LogP contribution in [-0.4, -0.2) is 74.2 Å². The molecule has 1 aromatic carbocycles. The van der Waals surface area contributed by atoms with Gasteiger partial charge in [0.05, 0.1) is 14.2 Å². The number of nitrogens with zero attached hydrogens (tertiary/aromatic N) is 4. The highest BCUT2D eigenvalue weighted by Gasteiger charge is 2.34. The van der Waals surface area contributed by atoms with Crippen LogP contribution in [0.1, 0.15) is 10.5 Å². The van der Waals surface area contributed by atoms with E-state index in [4.69, 9.17) is 15.2 Å². The Bertz CT molecular complexity index is 936. The molecule has 27 heavy (non-hydrogen) atoms. The molecule has 146 valence electrons. The lowest BCUT2D eigenvalue weighted by molar-refractivity contribution is 0.0687. The zero-order valence-electron chi connectivity index (χ0n) is 14.8. The van der Waals surface area contributed by atoms with Crippen molar-refractivity contribution in [2.75, 3.05) is 46.1 Å². The van der Waals surface area contributed by atoms with Crippen molar-refractivity contribution in [3.05, 3.63) is 23.9 Å². The van der Waals surface area contributed by atoms with Crippen LogP contribution in [0.4, 0.5) is 5.82 Å². The van der Waals surface area contributed by atoms with Crippen molar-refractivity contribution < 1.29 is 27.3 Å². The quantitative estimate of drug-likeness (QED) is 0.727. The predicted octanol–water partition coefficient (Wildman–Crippen LogP) is -0.184. The third-order valence-corrected chi connectivity index (χ3v) is 6.15. The Morgan fingerprint density at radius 2 is 1.85 bits per heavy atom. The first-order valence-corrected chi connectivity index (χ1v) is 9.42. The molecule has 0 radical (unpaired) electrons. The molecule has 1 saturated heterocycles. The van der Waals surface area contributed by atoms with E-state index < -0.39 is 15.9 Å². The first kappa shape index (κ1) is 18.9. The Labute approximate surface area is 155 Å². The van der Waals surface area contributed by atoms with Crippen LogP contribution in [0.25, 0.3) is 0 Å². The molecule has 3 rings (SSSR count). The monoisotopic (exact) mass is 397 g/mol. The molecule has 12 heteroatoms. The molecule has 0 spiro atoms. The zero-order chi connectivity index (χ0) is 19.6. The number of methoxy groups -OCH3 is 2. The van der Waals surface area contributed by atoms with Gasteiger partial charge in [-0.3, -0.25) is 4.79 Å². The van der Waals surface area contributed by atoms with Crippen LogP contribution >= 0.6 is 0 Å². The number of hydrogen-bond acceptors (Lipinski definition) is 9. The van der Waals surface area contributed by atoms with Gasteiger partial charge in [0.25, 0.3) is 5.91 Å². The van der Waals surface area contributed by atoms with Crippen molar-refractivity contribution in [3.8, 4) is 11.5 Å². The number of ether oxygens (including phenoxy) is 2. The van der Waals surface area contributed by atoms with Crippen molar-refractivity contribution in [3.63, 3.8) is 0 Å². The Morgan fingerprint density at radius 1 is 1.15 bits per heavy atom. The number of benzene rings is 1. The van der Waals surface area contributed by atoms with Crippen LogP contribution < -0.4 is 15.2 Å². The van der Waals surface area contributed by atoms with Crippen LogP contribution in [0.5, 0.6) is 11.5 Å². The maximum atomic E-state index is 13.0. The number of amides is 1. The van der Waals surface area contributed by atoms with Crippen molar-refractivity contribution in [1.29, 1.82) is 0 Å². The van der Waals surface area contributed by atoms with Crippen molar-refractivity contribution in [2.24, 2.45) is 0 Å². The minimum Gasteiger partial charge on any atom is -0.497 e. The second kappa shape index (κ2) is 7.40. The maximum absolute atomic E-state index is 13.0. The Kier molecular flexibility index (Phi) is 5.19. The molecule has 0 unspecified atom stereocenters. The lowest BCUT2D eigenvalue weighted by Gasteiger charge is -2.33. The summed E-state index contributed by atoms with van der Waals surface area (Å²) in [5, 5.41) is 6.86. The summed E-state index contributed by atoms with van der Waals surface area (Å²) in [6.07, 6.45) is 0. The number of sulfonamides is 1. The van der Waals surface area contributed by atoms with Crippen LogP contribution in [0.2, 0.25) is 0 Å². The molecular formula is C15H19N5O6S. The van der Waals surface area contributed by atoms with Crippen molar-refractivity contribution in [2.45, 2.75) is 4.90 Å². The third-order valence-electron chi connectivity index (χ3n) is 4.23. The van der Waals surface area contributed by atoms with Crippen molar-refractivity contribution in [1.82, 2.24) is 19.5 Å². The molecule has 0 saturated carbocycles. The van der Waals surface area contributed by atoms with Gasteiger partial charge in [0.15, 0.2) is 0 Å². The molecule has 11 nitrogen and oxygen atoms in total. The molecule has 2 aromatic rings. The summed E-state index contributed by atoms with van der Waals surface area (Å²) in [4.78, 5) is 13.8. The first-order valence-electron chi connectivity index (χ1n) is 7.98. The summed E-state index contributed by atoms with van der Waals surface area (Å²) in [6.45, 7) is 0.576. The van der Waals surface area contributed by atoms with E-state index in [0.717, 1.165) is 0 Å². The van der Waals surface area contributed by atoms with Gasteiger partial charge in [-0.1, -0.05) is 0 Å². The molecule has 1 aliphatic rings. The summed E-state index contributed by atoms with van der Waals surface area (Å²) in [6, 6.07) is 4.56. The number of nitrogens with two attached hydrogens (primary N) is 1. The van der Waals surface area contributed by atoms with E-state index in [1.807, 2.05) is 0 Å². The topological polar surface area (TPSA) is 141 Å². The molecular weight excluding hydrogens is 378 g/mol. The number of anilines is 1. The van der Waals surface area contributed by atoms with E-state index in [1.165, 1.54) is 35.6 Å². The molecule has 1 aromatic heterocycles. The Balaban J connectivity index is 1.77. The van der Waals surface area contributed by atoms with Crippen LogP contribution in [0, 0.1) is 0 Å². The minimum absolute atomic E-state index is 0.00840. The normalized spacial score (nSPS) is 15.6. The number of carbonyl (C=O) groups excluding carboxylic acids is 1. The van der Waals surface area contributed by atoms with Crippen molar-refractivity contribution >= 4 is 21.7 Å². The SMILES string of the molecule is COc1ccc(OC)c(S(=O)(=O)N2CCN(C(=O)c3nonc3N)CC2)c1. The fourth-order valence-electron chi connectivity index (χ4n) is 2.75. The first-order chi connectivity index (χ1) is 12.9. The summed E-state index contributed by atoms with van der Waals surface area (Å²) >= 11 is 0. The molecule has 0 bridgehead atoms. The average Bonchev–Trinajstić information content (AvgIpc) is 3.12. The maximum Gasteiger partial charge on any atom is 0.280 e. The lowest BCUT2D eigenvalue weighted by atomic mass is 10.3. The van der Waals surface area contributed by atoms with E-state index in [0.29, 0.717) is 5.75 Å². The number of rotatable bonds is 5. The van der Waals surface area contributed by atoms with Gasteiger partial charge in [0, 0.05) is 32.2 Å². The Hall–Kier alpha value is -2.86. The molecule has 2 heterocycles. The minimum atomic E-state index is -3.83. The van der Waals surface area contributed by atoms with E-state index in [2.05, 4.69) is 14.9 Å². The second-order valence-corrected chi connectivity index (χ2v) is 7.62. The van der Waals surface area contributed by atoms with E-state index >= 15 is 0 Å². The van der Waals surface area contributed by atoms with E-state index in [-0.39, 0.29) is 48.3 Å². The Morgan fingerprint density at radius 3 is 2.41 bits per heavy atom. The zero-order valence-corrected chi connectivity index (χ0v) is 15.6. The lowest BCUT2D eigenvalue weighted by Crippen LogP contribution is -2.50. The summed E-state index contributed by atoms with van der Waals surface area (Å²) < 4.78 is 42.1. The third kappa shape index (κ3) is 3.53. The number of carbonyl (C=O) groups is 1. The van der Waals surface area contributed by atoms with Gasteiger partial charge >= 0.3 is 0 Å². The van der Waals surface area contributed by atoms with Gasteiger partial charge in [-0.25, -0.2) is 13.0 Å². The van der Waals surface area contributed by atoms with Crippen LogP contribution in [0.3, 0.4) is 0 Å². The van der Waals surface area contributed by atoms with Gasteiger partial charge in [-0.05, 0) is 22.4 Å². The molecule has 1 fully saturated rings. The highest BCUT2D eigenvalue weighted by molar-refractivity contribution is 7.89. The van der Waals surface area contributed by atoms with E-state index in [9.17, 15) is 13.2 Å². The fourth-order valence-corrected chi connectivity index (χ4v) is 4.34. The second-order valence-electron chi connectivity index (χ2n) is 5.71. The number of nitrogen functional groups attached to an aromatic ring is 1. The summed E-state index contributed by atoms with van der Waals surface area (Å²) in [5.74, 6) is 0.0638. The number of aromatic nitrogens is 2. The standard InChI is InChI=1S/C15H19N5O6S/c1-24-10-3-4-11(25-2)12(9-10)27(22,23)20-7-5-19(6-8-20)15(21)13-14(16)18-26-17-13/h3-4,9H,5-8H2,1-2H3,(H2,16,18). The van der Waals surface area contributed by atoms with Gasteiger partial charge in [0.1, 0.15) is 16.4 Å². The van der Waals surface area contributed by atoms with Gasteiger partial charge in [-0.2, -0.15) is 4.31 Å². The molecule has 1 aliphatic heterocycles. The highest BCUT2D eigenvalue weighted by Crippen LogP contribution is 2.31. The van der Waals surface area contributed by atoms with Crippen LogP contribution in [-0.2, 0) is 10.0 Å². The van der Waals surface area contributed by atoms with Gasteiger partial charge in [0.2, 0.25) is 21.5 Å². The average molecular weight is 397 g/mol.